The van der Waals surface area contributed by atoms with Crippen molar-refractivity contribution in [3.8, 4) is 0 Å². The summed E-state index contributed by atoms with van der Waals surface area (Å²) in [6.45, 7) is 1.82. The molecule has 0 spiro atoms. The zero-order valence-corrected chi connectivity index (χ0v) is 13.3. The lowest BCUT2D eigenvalue weighted by Crippen LogP contribution is -2.41. The van der Waals surface area contributed by atoms with E-state index in [2.05, 4.69) is 5.32 Å². The monoisotopic (exact) mass is 324 g/mol. The first-order valence-electron chi connectivity index (χ1n) is 7.99. The van der Waals surface area contributed by atoms with Crippen molar-refractivity contribution in [3.05, 3.63) is 29.8 Å². The third kappa shape index (κ3) is 5.01. The van der Waals surface area contributed by atoms with Crippen molar-refractivity contribution in [3.63, 3.8) is 0 Å². The minimum absolute atomic E-state index is 0.0438. The fourth-order valence-corrected chi connectivity index (χ4v) is 3.02. The van der Waals surface area contributed by atoms with Crippen molar-refractivity contribution >= 4 is 17.5 Å². The summed E-state index contributed by atoms with van der Waals surface area (Å²) in [5.74, 6) is -1.94. The number of rotatable bonds is 5. The number of hydrogen-bond donors (Lipinski definition) is 1. The third-order valence-corrected chi connectivity index (χ3v) is 4.20. The standard InChI is InChI=1S/C17H22F2N2O2/c1-12(22)21(14-5-3-2-4-6-14)10-9-17(23)20-16-8-7-13(18)11-15(16)19/h7-8,11,14H,2-6,9-10H2,1H3,(H,20,23). The zero-order chi connectivity index (χ0) is 16.8. The van der Waals surface area contributed by atoms with Gasteiger partial charge in [0.15, 0.2) is 0 Å². The average molecular weight is 324 g/mol. The topological polar surface area (TPSA) is 49.4 Å². The summed E-state index contributed by atoms with van der Waals surface area (Å²) in [7, 11) is 0. The zero-order valence-electron chi connectivity index (χ0n) is 13.3. The van der Waals surface area contributed by atoms with Gasteiger partial charge in [-0.15, -0.1) is 0 Å². The van der Waals surface area contributed by atoms with Gasteiger partial charge in [0.05, 0.1) is 5.69 Å². The van der Waals surface area contributed by atoms with Gasteiger partial charge in [0.1, 0.15) is 11.6 Å². The molecule has 1 aliphatic rings. The number of amides is 2. The molecule has 0 bridgehead atoms. The molecule has 2 rings (SSSR count). The van der Waals surface area contributed by atoms with Crippen LogP contribution in [0.25, 0.3) is 0 Å². The second-order valence-corrected chi connectivity index (χ2v) is 5.93. The van der Waals surface area contributed by atoms with E-state index in [4.69, 9.17) is 0 Å². The van der Waals surface area contributed by atoms with Crippen LogP contribution in [-0.2, 0) is 9.59 Å². The van der Waals surface area contributed by atoms with Crippen LogP contribution in [-0.4, -0.2) is 29.3 Å². The van der Waals surface area contributed by atoms with Gasteiger partial charge in [0.2, 0.25) is 11.8 Å². The molecular formula is C17H22F2N2O2. The lowest BCUT2D eigenvalue weighted by molar-refractivity contribution is -0.132. The number of nitrogens with one attached hydrogen (secondary N) is 1. The molecule has 2 amide bonds. The van der Waals surface area contributed by atoms with Crippen LogP contribution in [0.5, 0.6) is 0 Å². The Morgan fingerprint density at radius 2 is 1.91 bits per heavy atom. The Labute approximate surface area is 134 Å². The number of anilines is 1. The maximum Gasteiger partial charge on any atom is 0.226 e. The molecule has 0 saturated heterocycles. The van der Waals surface area contributed by atoms with Crippen molar-refractivity contribution in [1.29, 1.82) is 0 Å². The smallest absolute Gasteiger partial charge is 0.226 e. The lowest BCUT2D eigenvalue weighted by Gasteiger charge is -2.33. The normalized spacial score (nSPS) is 15.3. The molecule has 1 saturated carbocycles. The Kier molecular flexibility index (Phi) is 6.07. The van der Waals surface area contributed by atoms with E-state index < -0.39 is 17.5 Å². The van der Waals surface area contributed by atoms with Crippen LogP contribution in [0, 0.1) is 11.6 Å². The van der Waals surface area contributed by atoms with Gasteiger partial charge in [-0.3, -0.25) is 9.59 Å². The fourth-order valence-electron chi connectivity index (χ4n) is 3.02. The maximum absolute atomic E-state index is 13.5. The van der Waals surface area contributed by atoms with Gasteiger partial charge in [0, 0.05) is 32.0 Å². The molecule has 0 aliphatic heterocycles. The minimum Gasteiger partial charge on any atom is -0.339 e. The van der Waals surface area contributed by atoms with E-state index in [9.17, 15) is 18.4 Å². The molecule has 1 aromatic carbocycles. The van der Waals surface area contributed by atoms with Crippen LogP contribution in [0.1, 0.15) is 45.4 Å². The second kappa shape index (κ2) is 8.04. The highest BCUT2D eigenvalue weighted by Gasteiger charge is 2.23. The Morgan fingerprint density at radius 3 is 2.52 bits per heavy atom. The summed E-state index contributed by atoms with van der Waals surface area (Å²) in [6, 6.07) is 3.19. The number of halogens is 2. The molecule has 0 heterocycles. The molecule has 1 aliphatic carbocycles. The van der Waals surface area contributed by atoms with Crippen molar-refractivity contribution in [1.82, 2.24) is 4.90 Å². The molecule has 1 fully saturated rings. The van der Waals surface area contributed by atoms with Gasteiger partial charge >= 0.3 is 0 Å². The lowest BCUT2D eigenvalue weighted by atomic mass is 9.94. The largest absolute Gasteiger partial charge is 0.339 e. The second-order valence-electron chi connectivity index (χ2n) is 5.93. The molecule has 23 heavy (non-hydrogen) atoms. The Hall–Kier alpha value is -1.98. The molecule has 0 unspecified atom stereocenters. The van der Waals surface area contributed by atoms with E-state index in [0.717, 1.165) is 37.8 Å². The average Bonchev–Trinajstić information content (AvgIpc) is 2.51. The van der Waals surface area contributed by atoms with Gasteiger partial charge < -0.3 is 10.2 Å². The van der Waals surface area contributed by atoms with E-state index in [1.165, 1.54) is 19.4 Å². The number of nitrogens with zero attached hydrogens (tertiary/aromatic N) is 1. The number of carbonyl (C=O) groups excluding carboxylic acids is 2. The number of hydrogen-bond acceptors (Lipinski definition) is 2. The first-order chi connectivity index (χ1) is 11.0. The molecule has 126 valence electrons. The first kappa shape index (κ1) is 17.4. The molecule has 6 heteroatoms. The van der Waals surface area contributed by atoms with Crippen LogP contribution in [0.15, 0.2) is 18.2 Å². The summed E-state index contributed by atoms with van der Waals surface area (Å²) in [4.78, 5) is 25.5. The van der Waals surface area contributed by atoms with Crippen LogP contribution < -0.4 is 5.32 Å². The minimum atomic E-state index is -0.811. The van der Waals surface area contributed by atoms with Crippen LogP contribution >= 0.6 is 0 Å². The Bertz CT molecular complexity index is 572. The summed E-state index contributed by atoms with van der Waals surface area (Å²) in [6.07, 6.45) is 5.41. The summed E-state index contributed by atoms with van der Waals surface area (Å²) >= 11 is 0. The van der Waals surface area contributed by atoms with Gasteiger partial charge in [-0.2, -0.15) is 0 Å². The maximum atomic E-state index is 13.5. The molecule has 0 atom stereocenters. The van der Waals surface area contributed by atoms with Crippen molar-refractivity contribution in [2.45, 2.75) is 51.5 Å². The molecule has 1 aromatic rings. The van der Waals surface area contributed by atoms with Gasteiger partial charge in [-0.05, 0) is 25.0 Å². The Morgan fingerprint density at radius 1 is 1.22 bits per heavy atom. The van der Waals surface area contributed by atoms with E-state index >= 15 is 0 Å². The van der Waals surface area contributed by atoms with Gasteiger partial charge in [0.25, 0.3) is 0 Å². The predicted molar refractivity (Wildman–Crippen MR) is 83.9 cm³/mol. The third-order valence-electron chi connectivity index (χ3n) is 4.20. The molecule has 4 nitrogen and oxygen atoms in total. The first-order valence-corrected chi connectivity index (χ1v) is 7.99. The van der Waals surface area contributed by atoms with Crippen LogP contribution in [0.4, 0.5) is 14.5 Å². The molecule has 0 radical (unpaired) electrons. The van der Waals surface area contributed by atoms with E-state index in [1.807, 2.05) is 0 Å². The Balaban J connectivity index is 1.89. The van der Waals surface area contributed by atoms with Crippen molar-refractivity contribution in [2.24, 2.45) is 0 Å². The molecular weight excluding hydrogens is 302 g/mol. The van der Waals surface area contributed by atoms with E-state index in [-0.39, 0.29) is 24.1 Å². The van der Waals surface area contributed by atoms with Crippen molar-refractivity contribution in [2.75, 3.05) is 11.9 Å². The van der Waals surface area contributed by atoms with Crippen molar-refractivity contribution < 1.29 is 18.4 Å². The van der Waals surface area contributed by atoms with Crippen LogP contribution in [0.2, 0.25) is 0 Å². The number of carbonyl (C=O) groups is 2. The van der Waals surface area contributed by atoms with Gasteiger partial charge in [-0.1, -0.05) is 19.3 Å². The molecule has 0 aromatic heterocycles. The number of benzene rings is 1. The summed E-state index contributed by atoms with van der Waals surface area (Å²) in [5, 5.41) is 2.42. The molecule has 1 N–H and O–H groups in total. The highest BCUT2D eigenvalue weighted by molar-refractivity contribution is 5.91. The quantitative estimate of drug-likeness (QED) is 0.901. The SMILES string of the molecule is CC(=O)N(CCC(=O)Nc1ccc(F)cc1F)C1CCCCC1. The van der Waals surface area contributed by atoms with Gasteiger partial charge in [-0.25, -0.2) is 8.78 Å². The predicted octanol–water partition coefficient (Wildman–Crippen LogP) is 3.47. The van der Waals surface area contributed by atoms with E-state index in [1.54, 1.807) is 4.90 Å². The van der Waals surface area contributed by atoms with E-state index in [0.29, 0.717) is 6.54 Å². The summed E-state index contributed by atoms with van der Waals surface area (Å²) in [5.41, 5.74) is -0.0524. The highest BCUT2D eigenvalue weighted by atomic mass is 19.1. The summed E-state index contributed by atoms with van der Waals surface area (Å²) < 4.78 is 26.3. The van der Waals surface area contributed by atoms with Crippen LogP contribution in [0.3, 0.4) is 0 Å². The fraction of sp³-hybridized carbons (Fsp3) is 0.529. The highest BCUT2D eigenvalue weighted by Crippen LogP contribution is 2.23.